The third-order valence-electron chi connectivity index (χ3n) is 3.13. The SMILES string of the molecule is O=C1S/C(=C\c2ccc(Cl)cc2Cl)C(=O)N1c1ccc(Cl)cc1. The smallest absolute Gasteiger partial charge is 0.268 e. The molecule has 1 aliphatic heterocycles. The molecule has 0 saturated carbocycles. The zero-order chi connectivity index (χ0) is 16.6. The number of hydrogen-bond donors (Lipinski definition) is 0. The number of halogens is 3. The van der Waals surface area contributed by atoms with Gasteiger partial charge in [0.25, 0.3) is 11.1 Å². The van der Waals surface area contributed by atoms with Gasteiger partial charge in [-0.1, -0.05) is 40.9 Å². The molecule has 0 N–H and O–H groups in total. The molecule has 0 bridgehead atoms. The Hall–Kier alpha value is -1.46. The summed E-state index contributed by atoms with van der Waals surface area (Å²) in [6.07, 6.45) is 1.58. The van der Waals surface area contributed by atoms with E-state index in [0.717, 1.165) is 16.7 Å². The van der Waals surface area contributed by atoms with Crippen LogP contribution in [0.4, 0.5) is 10.5 Å². The zero-order valence-electron chi connectivity index (χ0n) is 11.4. The van der Waals surface area contributed by atoms with Crippen molar-refractivity contribution in [1.82, 2.24) is 0 Å². The average Bonchev–Trinajstić information content (AvgIpc) is 2.78. The molecule has 2 amide bonds. The molecule has 2 aromatic carbocycles. The quantitative estimate of drug-likeness (QED) is 0.606. The zero-order valence-corrected chi connectivity index (χ0v) is 14.5. The second-order valence-corrected chi connectivity index (χ2v) is 6.93. The number of imide groups is 1. The first kappa shape index (κ1) is 16.4. The van der Waals surface area contributed by atoms with Gasteiger partial charge in [0, 0.05) is 15.1 Å². The predicted octanol–water partition coefficient (Wildman–Crippen LogP) is 5.89. The van der Waals surface area contributed by atoms with Crippen LogP contribution in [0, 0.1) is 0 Å². The van der Waals surface area contributed by atoms with E-state index in [1.807, 2.05) is 0 Å². The maximum Gasteiger partial charge on any atom is 0.298 e. The second kappa shape index (κ2) is 6.57. The second-order valence-electron chi connectivity index (χ2n) is 4.66. The van der Waals surface area contributed by atoms with Crippen LogP contribution in [0.3, 0.4) is 0 Å². The van der Waals surface area contributed by atoms with Gasteiger partial charge < -0.3 is 0 Å². The van der Waals surface area contributed by atoms with Crippen LogP contribution in [0.25, 0.3) is 6.08 Å². The van der Waals surface area contributed by atoms with Crippen molar-refractivity contribution in [2.45, 2.75) is 0 Å². The minimum Gasteiger partial charge on any atom is -0.268 e. The monoisotopic (exact) mass is 383 g/mol. The van der Waals surface area contributed by atoms with Gasteiger partial charge in [-0.3, -0.25) is 9.59 Å². The highest BCUT2D eigenvalue weighted by Gasteiger charge is 2.36. The van der Waals surface area contributed by atoms with Crippen LogP contribution in [0.2, 0.25) is 15.1 Å². The molecular formula is C16H8Cl3NO2S. The molecule has 1 saturated heterocycles. The topological polar surface area (TPSA) is 37.4 Å². The summed E-state index contributed by atoms with van der Waals surface area (Å²) in [5, 5.41) is 1.08. The van der Waals surface area contributed by atoms with Crippen molar-refractivity contribution in [3.63, 3.8) is 0 Å². The molecule has 3 nitrogen and oxygen atoms in total. The summed E-state index contributed by atoms with van der Waals surface area (Å²) in [4.78, 5) is 26.1. The number of anilines is 1. The van der Waals surface area contributed by atoms with Gasteiger partial charge in [-0.05, 0) is 59.8 Å². The first-order valence-corrected chi connectivity index (χ1v) is 8.39. The molecule has 116 valence electrons. The Morgan fingerprint density at radius 3 is 2.22 bits per heavy atom. The highest BCUT2D eigenvalue weighted by Crippen LogP contribution is 2.37. The van der Waals surface area contributed by atoms with Crippen molar-refractivity contribution >= 4 is 69.5 Å². The molecule has 0 atom stereocenters. The lowest BCUT2D eigenvalue weighted by atomic mass is 10.2. The van der Waals surface area contributed by atoms with Gasteiger partial charge in [0.15, 0.2) is 0 Å². The van der Waals surface area contributed by atoms with Gasteiger partial charge in [-0.2, -0.15) is 0 Å². The lowest BCUT2D eigenvalue weighted by Gasteiger charge is -2.12. The Morgan fingerprint density at radius 2 is 1.57 bits per heavy atom. The van der Waals surface area contributed by atoms with E-state index >= 15 is 0 Å². The number of nitrogens with zero attached hydrogens (tertiary/aromatic N) is 1. The Bertz CT molecular complexity index is 834. The molecule has 2 aromatic rings. The van der Waals surface area contributed by atoms with E-state index in [0.29, 0.717) is 31.2 Å². The molecular weight excluding hydrogens is 377 g/mol. The lowest BCUT2D eigenvalue weighted by Crippen LogP contribution is -2.27. The average molecular weight is 385 g/mol. The van der Waals surface area contributed by atoms with E-state index in [9.17, 15) is 9.59 Å². The number of rotatable bonds is 2. The van der Waals surface area contributed by atoms with Crippen molar-refractivity contribution in [3.05, 3.63) is 68.0 Å². The van der Waals surface area contributed by atoms with Crippen molar-refractivity contribution in [2.75, 3.05) is 4.90 Å². The van der Waals surface area contributed by atoms with E-state index in [-0.39, 0.29) is 5.24 Å². The highest BCUT2D eigenvalue weighted by molar-refractivity contribution is 8.19. The maximum atomic E-state index is 12.5. The van der Waals surface area contributed by atoms with Crippen LogP contribution < -0.4 is 4.90 Å². The summed E-state index contributed by atoms with van der Waals surface area (Å²) in [7, 11) is 0. The van der Waals surface area contributed by atoms with Crippen LogP contribution in [0.1, 0.15) is 5.56 Å². The molecule has 7 heteroatoms. The normalized spacial score (nSPS) is 16.5. The van der Waals surface area contributed by atoms with Crippen molar-refractivity contribution in [1.29, 1.82) is 0 Å². The fourth-order valence-corrected chi connectivity index (χ4v) is 3.46. The van der Waals surface area contributed by atoms with Gasteiger partial charge in [-0.15, -0.1) is 0 Å². The minimum atomic E-state index is -0.395. The van der Waals surface area contributed by atoms with E-state index in [2.05, 4.69) is 0 Å². The number of carbonyl (C=O) groups excluding carboxylic acids is 2. The third-order valence-corrected chi connectivity index (χ3v) is 4.81. The molecule has 0 unspecified atom stereocenters. The predicted molar refractivity (Wildman–Crippen MR) is 96.4 cm³/mol. The Morgan fingerprint density at radius 1 is 0.913 bits per heavy atom. The standard InChI is InChI=1S/C16H8Cl3NO2S/c17-10-3-5-12(6-4-10)20-15(21)14(23-16(20)22)7-9-1-2-11(18)8-13(9)19/h1-8H/b14-7-. The van der Waals surface area contributed by atoms with Gasteiger partial charge in [0.1, 0.15) is 0 Å². The largest absolute Gasteiger partial charge is 0.298 e. The van der Waals surface area contributed by atoms with E-state index < -0.39 is 5.91 Å². The van der Waals surface area contributed by atoms with Gasteiger partial charge in [-0.25, -0.2) is 4.90 Å². The minimum absolute atomic E-state index is 0.300. The van der Waals surface area contributed by atoms with Crippen LogP contribution in [-0.4, -0.2) is 11.1 Å². The molecule has 0 spiro atoms. The summed E-state index contributed by atoms with van der Waals surface area (Å²) in [6, 6.07) is 11.4. The number of carbonyl (C=O) groups is 2. The first-order valence-electron chi connectivity index (χ1n) is 6.44. The molecule has 1 fully saturated rings. The molecule has 0 aromatic heterocycles. The van der Waals surface area contributed by atoms with Crippen LogP contribution in [0.15, 0.2) is 47.4 Å². The molecule has 1 aliphatic rings. The molecule has 23 heavy (non-hydrogen) atoms. The van der Waals surface area contributed by atoms with Crippen molar-refractivity contribution < 1.29 is 9.59 Å². The summed E-state index contributed by atoms with van der Waals surface area (Å²) < 4.78 is 0. The summed E-state index contributed by atoms with van der Waals surface area (Å²) >= 11 is 18.6. The summed E-state index contributed by atoms with van der Waals surface area (Å²) in [6.45, 7) is 0. The maximum absolute atomic E-state index is 12.5. The van der Waals surface area contributed by atoms with Crippen LogP contribution in [-0.2, 0) is 4.79 Å². The van der Waals surface area contributed by atoms with Crippen LogP contribution >= 0.6 is 46.6 Å². The molecule has 0 aliphatic carbocycles. The Balaban J connectivity index is 1.94. The Labute approximate surface area is 151 Å². The Kier molecular flexibility index (Phi) is 4.69. The summed E-state index contributed by atoms with van der Waals surface area (Å²) in [5.41, 5.74) is 1.10. The number of amides is 2. The highest BCUT2D eigenvalue weighted by atomic mass is 35.5. The number of hydrogen-bond acceptors (Lipinski definition) is 3. The summed E-state index contributed by atoms with van der Waals surface area (Å²) in [5.74, 6) is -0.395. The van der Waals surface area contributed by atoms with E-state index in [1.165, 1.54) is 0 Å². The van der Waals surface area contributed by atoms with Crippen molar-refractivity contribution in [3.8, 4) is 0 Å². The molecule has 1 heterocycles. The van der Waals surface area contributed by atoms with Gasteiger partial charge >= 0.3 is 0 Å². The molecule has 3 rings (SSSR count). The van der Waals surface area contributed by atoms with Crippen molar-refractivity contribution in [2.24, 2.45) is 0 Å². The fraction of sp³-hybridized carbons (Fsp3) is 0. The third kappa shape index (κ3) is 3.40. The fourth-order valence-electron chi connectivity index (χ4n) is 2.04. The van der Waals surface area contributed by atoms with Gasteiger partial charge in [0.2, 0.25) is 0 Å². The van der Waals surface area contributed by atoms with E-state index in [1.54, 1.807) is 48.5 Å². The van der Waals surface area contributed by atoms with E-state index in [4.69, 9.17) is 34.8 Å². The van der Waals surface area contributed by atoms with Gasteiger partial charge in [0.05, 0.1) is 10.6 Å². The number of benzene rings is 2. The molecule has 0 radical (unpaired) electrons. The lowest BCUT2D eigenvalue weighted by molar-refractivity contribution is -0.113. The number of thioether (sulfide) groups is 1. The van der Waals surface area contributed by atoms with Crippen LogP contribution in [0.5, 0.6) is 0 Å². The first-order chi connectivity index (χ1) is 11.0.